The molecule has 2 fully saturated rings. The van der Waals surface area contributed by atoms with Gasteiger partial charge in [-0.05, 0) is 58.8 Å². The zero-order valence-electron chi connectivity index (χ0n) is 18.9. The molecule has 0 aromatic carbocycles. The third-order valence-electron chi connectivity index (χ3n) is 7.37. The van der Waals surface area contributed by atoms with Crippen LogP contribution in [-0.2, 0) is 11.2 Å². The molecule has 0 spiro atoms. The number of anilines is 1. The lowest BCUT2D eigenvalue weighted by Gasteiger charge is -2.39. The van der Waals surface area contributed by atoms with E-state index in [1.807, 2.05) is 19.9 Å². The number of carbonyl (C=O) groups is 1. The third kappa shape index (κ3) is 4.06. The Hall–Kier alpha value is -2.32. The number of aromatic nitrogens is 3. The van der Waals surface area contributed by atoms with E-state index < -0.39 is 23.5 Å². The van der Waals surface area contributed by atoms with Gasteiger partial charge in [0.2, 0.25) is 0 Å². The normalized spacial score (nSPS) is 27.1. The molecule has 2 aliphatic rings. The summed E-state index contributed by atoms with van der Waals surface area (Å²) in [5.41, 5.74) is 2.53. The molecule has 0 bridgehead atoms. The summed E-state index contributed by atoms with van der Waals surface area (Å²) >= 11 is 0. The first-order valence-electron chi connectivity index (χ1n) is 11.5. The van der Waals surface area contributed by atoms with Gasteiger partial charge in [0.05, 0.1) is 17.0 Å². The van der Waals surface area contributed by atoms with Crippen molar-refractivity contribution in [1.82, 2.24) is 14.6 Å². The molecule has 2 aromatic rings. The minimum atomic E-state index is -4.13. The predicted molar refractivity (Wildman–Crippen MR) is 115 cm³/mol. The van der Waals surface area contributed by atoms with E-state index >= 15 is 0 Å². The number of piperidine rings is 1. The van der Waals surface area contributed by atoms with Crippen LogP contribution < -0.4 is 4.90 Å². The molecule has 1 N–H and O–H groups in total. The van der Waals surface area contributed by atoms with E-state index in [0.29, 0.717) is 31.5 Å². The predicted octanol–water partition coefficient (Wildman–Crippen LogP) is 5.13. The van der Waals surface area contributed by atoms with Crippen LogP contribution in [-0.4, -0.2) is 44.9 Å². The molecule has 1 saturated heterocycles. The Morgan fingerprint density at radius 2 is 1.97 bits per heavy atom. The van der Waals surface area contributed by atoms with Crippen molar-refractivity contribution < 1.29 is 23.1 Å². The van der Waals surface area contributed by atoms with E-state index in [2.05, 4.69) is 4.90 Å². The quantitative estimate of drug-likeness (QED) is 0.697. The second-order valence-electron chi connectivity index (χ2n) is 9.67. The second kappa shape index (κ2) is 8.23. The molecule has 0 amide bonds. The number of halogens is 3. The Balaban J connectivity index is 1.70. The van der Waals surface area contributed by atoms with E-state index in [1.54, 1.807) is 11.4 Å². The summed E-state index contributed by atoms with van der Waals surface area (Å²) in [5, 5.41) is 14.6. The van der Waals surface area contributed by atoms with Gasteiger partial charge in [0, 0.05) is 36.3 Å². The smallest absolute Gasteiger partial charge is 0.391 e. The summed E-state index contributed by atoms with van der Waals surface area (Å²) < 4.78 is 41.0. The maximum atomic E-state index is 13.1. The van der Waals surface area contributed by atoms with Crippen LogP contribution in [0.25, 0.3) is 5.65 Å². The van der Waals surface area contributed by atoms with Crippen molar-refractivity contribution in [2.75, 3.05) is 18.0 Å². The number of carboxylic acid groups (broad SMARTS) is 1. The highest BCUT2D eigenvalue weighted by molar-refractivity contribution is 5.75. The van der Waals surface area contributed by atoms with Crippen LogP contribution >= 0.6 is 0 Å². The molecular weight excluding hydrogens is 421 g/mol. The Morgan fingerprint density at radius 3 is 2.56 bits per heavy atom. The van der Waals surface area contributed by atoms with Crippen molar-refractivity contribution in [1.29, 1.82) is 0 Å². The van der Waals surface area contributed by atoms with Gasteiger partial charge in [0.25, 0.3) is 0 Å². The Bertz CT molecular complexity index is 1010. The SMILES string of the molecule is CCc1c(C)nc2cc([C@H]3CC[C@H](C(F)(F)F)CC3)nn2c1N1CCC[C@@](C)(C(=O)O)C1. The number of aliphatic carboxylic acids is 1. The van der Waals surface area contributed by atoms with Crippen LogP contribution in [0, 0.1) is 18.3 Å². The van der Waals surface area contributed by atoms with Gasteiger partial charge < -0.3 is 10.0 Å². The maximum Gasteiger partial charge on any atom is 0.391 e. The summed E-state index contributed by atoms with van der Waals surface area (Å²) in [6.45, 7) is 6.90. The minimum Gasteiger partial charge on any atom is -0.481 e. The topological polar surface area (TPSA) is 70.7 Å². The van der Waals surface area contributed by atoms with Gasteiger partial charge >= 0.3 is 12.1 Å². The van der Waals surface area contributed by atoms with Gasteiger partial charge in [-0.15, -0.1) is 0 Å². The number of hydrogen-bond acceptors (Lipinski definition) is 4. The lowest BCUT2D eigenvalue weighted by Crippen LogP contribution is -2.47. The molecule has 9 heteroatoms. The number of aryl methyl sites for hydroxylation is 1. The summed E-state index contributed by atoms with van der Waals surface area (Å²) in [6.07, 6.45) is -0.819. The van der Waals surface area contributed by atoms with Crippen LogP contribution in [0.1, 0.15) is 75.2 Å². The highest BCUT2D eigenvalue weighted by atomic mass is 19.4. The monoisotopic (exact) mass is 452 g/mol. The Labute approximate surface area is 185 Å². The fourth-order valence-electron chi connectivity index (χ4n) is 5.40. The standard InChI is InChI=1S/C23H31F3N4O2/c1-4-17-14(2)27-19-12-18(15-6-8-16(9-7-15)23(24,25)26)28-30(19)20(17)29-11-5-10-22(3,13-29)21(31)32/h12,15-16H,4-11,13H2,1-3H3,(H,31,32)/t15-,16-,22-/m1/s1. The second-order valence-corrected chi connectivity index (χ2v) is 9.67. The Morgan fingerprint density at radius 1 is 1.28 bits per heavy atom. The fourth-order valence-corrected chi connectivity index (χ4v) is 5.40. The van der Waals surface area contributed by atoms with Gasteiger partial charge in [-0.25, -0.2) is 4.98 Å². The van der Waals surface area contributed by atoms with Crippen molar-refractivity contribution in [3.63, 3.8) is 0 Å². The minimum absolute atomic E-state index is 0.0147. The van der Waals surface area contributed by atoms with Gasteiger partial charge in [0.1, 0.15) is 5.82 Å². The number of rotatable bonds is 4. The van der Waals surface area contributed by atoms with Crippen molar-refractivity contribution >= 4 is 17.4 Å². The molecule has 1 aliphatic heterocycles. The Kier molecular flexibility index (Phi) is 5.88. The van der Waals surface area contributed by atoms with Gasteiger partial charge in [0.15, 0.2) is 5.65 Å². The summed E-state index contributed by atoms with van der Waals surface area (Å²) in [7, 11) is 0. The average Bonchev–Trinajstić information content (AvgIpc) is 3.15. The van der Waals surface area contributed by atoms with Crippen molar-refractivity contribution in [3.8, 4) is 0 Å². The molecule has 1 aliphatic carbocycles. The first-order chi connectivity index (χ1) is 15.0. The highest BCUT2D eigenvalue weighted by Crippen LogP contribution is 2.43. The van der Waals surface area contributed by atoms with Crippen LogP contribution in [0.15, 0.2) is 6.07 Å². The first kappa shape index (κ1) is 22.9. The number of carboxylic acids is 1. The van der Waals surface area contributed by atoms with Crippen LogP contribution in [0.4, 0.5) is 19.0 Å². The van der Waals surface area contributed by atoms with Crippen molar-refractivity contribution in [2.24, 2.45) is 11.3 Å². The number of alkyl halides is 3. The molecule has 176 valence electrons. The zero-order valence-corrected chi connectivity index (χ0v) is 18.9. The van der Waals surface area contributed by atoms with Crippen LogP contribution in [0.3, 0.4) is 0 Å². The highest BCUT2D eigenvalue weighted by Gasteiger charge is 2.42. The molecule has 0 radical (unpaired) electrons. The largest absolute Gasteiger partial charge is 0.481 e. The number of nitrogens with zero attached hydrogens (tertiary/aromatic N) is 4. The zero-order chi connectivity index (χ0) is 23.3. The summed E-state index contributed by atoms with van der Waals surface area (Å²) in [4.78, 5) is 18.7. The van der Waals surface area contributed by atoms with Crippen LogP contribution in [0.5, 0.6) is 0 Å². The molecule has 32 heavy (non-hydrogen) atoms. The lowest BCUT2D eigenvalue weighted by atomic mass is 9.80. The molecule has 4 rings (SSSR count). The number of fused-ring (bicyclic) bond motifs is 1. The molecule has 0 unspecified atom stereocenters. The van der Waals surface area contributed by atoms with Crippen molar-refractivity contribution in [3.05, 3.63) is 23.0 Å². The summed E-state index contributed by atoms with van der Waals surface area (Å²) in [6, 6.07) is 1.90. The number of hydrogen-bond donors (Lipinski definition) is 1. The van der Waals surface area contributed by atoms with E-state index in [-0.39, 0.29) is 18.8 Å². The van der Waals surface area contributed by atoms with E-state index in [0.717, 1.165) is 42.2 Å². The van der Waals surface area contributed by atoms with Gasteiger partial charge in [-0.3, -0.25) is 4.79 Å². The molecule has 1 saturated carbocycles. The van der Waals surface area contributed by atoms with Crippen LogP contribution in [0.2, 0.25) is 0 Å². The summed E-state index contributed by atoms with van der Waals surface area (Å²) in [5.74, 6) is -1.16. The molecule has 6 nitrogen and oxygen atoms in total. The lowest BCUT2D eigenvalue weighted by molar-refractivity contribution is -0.182. The first-order valence-corrected chi connectivity index (χ1v) is 11.5. The van der Waals surface area contributed by atoms with E-state index in [9.17, 15) is 23.1 Å². The van der Waals surface area contributed by atoms with Crippen molar-refractivity contribution in [2.45, 2.75) is 77.8 Å². The molecule has 1 atom stereocenters. The van der Waals surface area contributed by atoms with E-state index in [1.165, 1.54) is 0 Å². The van der Waals surface area contributed by atoms with E-state index in [4.69, 9.17) is 10.1 Å². The van der Waals surface area contributed by atoms with Gasteiger partial charge in [-0.2, -0.15) is 22.8 Å². The molecule has 3 heterocycles. The third-order valence-corrected chi connectivity index (χ3v) is 7.37. The molecule has 2 aromatic heterocycles. The molecular formula is C23H31F3N4O2. The maximum absolute atomic E-state index is 13.1. The average molecular weight is 453 g/mol. The van der Waals surface area contributed by atoms with Gasteiger partial charge in [-0.1, -0.05) is 6.92 Å². The fraction of sp³-hybridized carbons (Fsp3) is 0.696.